The molecule has 2 N–H and O–H groups in total. The maximum Gasteiger partial charge on any atom is 0.249 e. The molecule has 1 aromatic heterocycles. The van der Waals surface area contributed by atoms with Crippen LogP contribution in [-0.4, -0.2) is 35.3 Å². The maximum atomic E-state index is 11.9. The van der Waals surface area contributed by atoms with E-state index < -0.39 is 5.91 Å². The van der Waals surface area contributed by atoms with Crippen molar-refractivity contribution in [3.8, 4) is 11.5 Å². The molecule has 166 valence electrons. The Morgan fingerprint density at radius 3 is 2.66 bits per heavy atom. The minimum atomic E-state index is -0.478. The summed E-state index contributed by atoms with van der Waals surface area (Å²) in [6, 6.07) is 16.9. The smallest absolute Gasteiger partial charge is 0.249 e. The number of pyridine rings is 1. The molecule has 1 saturated heterocycles. The molecule has 0 aliphatic carbocycles. The van der Waals surface area contributed by atoms with Crippen LogP contribution in [0.25, 0.3) is 0 Å². The van der Waals surface area contributed by atoms with Crippen LogP contribution in [0.15, 0.2) is 67.0 Å². The van der Waals surface area contributed by atoms with E-state index >= 15 is 0 Å². The van der Waals surface area contributed by atoms with E-state index in [9.17, 15) is 9.59 Å². The molecule has 4 rings (SSSR count). The molecule has 0 spiro atoms. The quantitative estimate of drug-likeness (QED) is 0.544. The zero-order valence-corrected chi connectivity index (χ0v) is 18.7. The molecule has 1 aliphatic rings. The van der Waals surface area contributed by atoms with E-state index in [0.717, 1.165) is 36.1 Å². The van der Waals surface area contributed by atoms with E-state index in [4.69, 9.17) is 22.1 Å². The standard InChI is InChI=1S/C20H22N2O3.C5H4ClN/c1-2-14-5-3-4-6-19(14)25-16-7-8-17(18(11-16)20(21)24)15-9-10-22(12-15)13-23;6-5-2-1-3-7-4-5/h3-8,11,13,15H,2,9-10,12H2,1H3,(H2,21,24);1-4H. The number of benzene rings is 2. The lowest BCUT2D eigenvalue weighted by Gasteiger charge is -2.16. The highest BCUT2D eigenvalue weighted by Gasteiger charge is 2.26. The third-order valence-electron chi connectivity index (χ3n) is 5.31. The topological polar surface area (TPSA) is 85.5 Å². The van der Waals surface area contributed by atoms with Crippen molar-refractivity contribution >= 4 is 23.9 Å². The highest BCUT2D eigenvalue weighted by molar-refractivity contribution is 6.30. The van der Waals surface area contributed by atoms with Crippen LogP contribution >= 0.6 is 11.6 Å². The fourth-order valence-electron chi connectivity index (χ4n) is 3.67. The fourth-order valence-corrected chi connectivity index (χ4v) is 3.80. The molecule has 3 aromatic rings. The number of amides is 2. The highest BCUT2D eigenvalue weighted by Crippen LogP contribution is 2.33. The van der Waals surface area contributed by atoms with Gasteiger partial charge in [0.2, 0.25) is 12.3 Å². The van der Waals surface area contributed by atoms with Gasteiger partial charge in [-0.25, -0.2) is 0 Å². The van der Waals surface area contributed by atoms with Crippen LogP contribution in [0, 0.1) is 0 Å². The van der Waals surface area contributed by atoms with Gasteiger partial charge in [0, 0.05) is 37.0 Å². The largest absolute Gasteiger partial charge is 0.457 e. The molecular formula is C25H26ClN3O3. The minimum absolute atomic E-state index is 0.129. The van der Waals surface area contributed by atoms with Crippen molar-refractivity contribution in [1.29, 1.82) is 0 Å². The van der Waals surface area contributed by atoms with Gasteiger partial charge in [0.15, 0.2) is 0 Å². The number of carbonyl (C=O) groups is 2. The predicted molar refractivity (Wildman–Crippen MR) is 125 cm³/mol. The second-order valence-electron chi connectivity index (χ2n) is 7.43. The van der Waals surface area contributed by atoms with Gasteiger partial charge in [-0.1, -0.05) is 42.8 Å². The molecule has 2 aromatic carbocycles. The summed E-state index contributed by atoms with van der Waals surface area (Å²) >= 11 is 5.48. The molecule has 32 heavy (non-hydrogen) atoms. The highest BCUT2D eigenvalue weighted by atomic mass is 35.5. The lowest BCUT2D eigenvalue weighted by atomic mass is 9.93. The van der Waals surface area contributed by atoms with E-state index in [1.54, 1.807) is 35.5 Å². The first kappa shape index (κ1) is 23.3. The van der Waals surface area contributed by atoms with Crippen LogP contribution in [0.1, 0.15) is 40.7 Å². The van der Waals surface area contributed by atoms with Gasteiger partial charge in [0.1, 0.15) is 11.5 Å². The van der Waals surface area contributed by atoms with Crippen molar-refractivity contribution in [3.05, 3.63) is 88.7 Å². The van der Waals surface area contributed by atoms with Crippen molar-refractivity contribution in [2.24, 2.45) is 5.73 Å². The van der Waals surface area contributed by atoms with Crippen molar-refractivity contribution in [2.45, 2.75) is 25.7 Å². The Morgan fingerprint density at radius 2 is 2.06 bits per heavy atom. The Hall–Kier alpha value is -3.38. The van der Waals surface area contributed by atoms with Crippen LogP contribution in [-0.2, 0) is 11.2 Å². The summed E-state index contributed by atoms with van der Waals surface area (Å²) in [5.74, 6) is 1.02. The number of hydrogen-bond acceptors (Lipinski definition) is 4. The van der Waals surface area contributed by atoms with Gasteiger partial charge < -0.3 is 15.4 Å². The molecule has 0 saturated carbocycles. The van der Waals surface area contributed by atoms with Gasteiger partial charge in [-0.05, 0) is 54.3 Å². The minimum Gasteiger partial charge on any atom is -0.457 e. The van der Waals surface area contributed by atoms with Gasteiger partial charge in [-0.2, -0.15) is 0 Å². The summed E-state index contributed by atoms with van der Waals surface area (Å²) in [5, 5.41) is 0.683. The zero-order valence-electron chi connectivity index (χ0n) is 17.9. The van der Waals surface area contributed by atoms with Crippen molar-refractivity contribution in [3.63, 3.8) is 0 Å². The number of primary amides is 1. The van der Waals surface area contributed by atoms with Gasteiger partial charge >= 0.3 is 0 Å². The number of ether oxygens (including phenoxy) is 1. The summed E-state index contributed by atoms with van der Waals surface area (Å²) in [6.07, 6.45) is 5.83. The molecule has 1 aliphatic heterocycles. The summed E-state index contributed by atoms with van der Waals surface area (Å²) in [6.45, 7) is 3.39. The fraction of sp³-hybridized carbons (Fsp3) is 0.240. The second-order valence-corrected chi connectivity index (χ2v) is 7.87. The average Bonchev–Trinajstić information content (AvgIpc) is 3.29. The van der Waals surface area contributed by atoms with Crippen LogP contribution in [0.4, 0.5) is 0 Å². The molecule has 0 bridgehead atoms. The monoisotopic (exact) mass is 451 g/mol. The number of nitrogens with zero attached hydrogens (tertiary/aromatic N) is 2. The summed E-state index contributed by atoms with van der Waals surface area (Å²) in [5.41, 5.74) is 8.04. The summed E-state index contributed by atoms with van der Waals surface area (Å²) in [7, 11) is 0. The number of aryl methyl sites for hydroxylation is 1. The SMILES string of the molecule is CCc1ccccc1Oc1ccc(C2CCN(C=O)C2)c(C(N)=O)c1.Clc1cccnc1. The molecule has 2 heterocycles. The van der Waals surface area contributed by atoms with Crippen LogP contribution < -0.4 is 10.5 Å². The number of halogens is 1. The zero-order chi connectivity index (χ0) is 22.9. The Kier molecular flexibility index (Phi) is 8.22. The van der Waals surface area contributed by atoms with Crippen LogP contribution in [0.3, 0.4) is 0 Å². The lowest BCUT2D eigenvalue weighted by molar-refractivity contribution is -0.117. The molecule has 6 nitrogen and oxygen atoms in total. The molecule has 0 radical (unpaired) electrons. The van der Waals surface area contributed by atoms with Crippen molar-refractivity contribution in [2.75, 3.05) is 13.1 Å². The van der Waals surface area contributed by atoms with Crippen LogP contribution in [0.2, 0.25) is 5.02 Å². The van der Waals surface area contributed by atoms with E-state index in [2.05, 4.69) is 11.9 Å². The first-order valence-corrected chi connectivity index (χ1v) is 10.8. The third-order valence-corrected chi connectivity index (χ3v) is 5.53. The van der Waals surface area contributed by atoms with Crippen molar-refractivity contribution in [1.82, 2.24) is 9.88 Å². The molecule has 1 fully saturated rings. The second kappa shape index (κ2) is 11.3. The molecular weight excluding hydrogens is 426 g/mol. The van der Waals surface area contributed by atoms with Gasteiger partial charge in [-0.15, -0.1) is 0 Å². The maximum absolute atomic E-state index is 11.9. The van der Waals surface area contributed by atoms with Gasteiger partial charge in [0.05, 0.1) is 5.02 Å². The normalized spacial score (nSPS) is 14.9. The Balaban J connectivity index is 0.000000352. The number of nitrogens with two attached hydrogens (primary N) is 1. The number of carbonyl (C=O) groups excluding carboxylic acids is 2. The Labute approximate surface area is 193 Å². The van der Waals surface area contributed by atoms with Crippen molar-refractivity contribution < 1.29 is 14.3 Å². The van der Waals surface area contributed by atoms with Gasteiger partial charge in [0.25, 0.3) is 0 Å². The molecule has 1 atom stereocenters. The number of aromatic nitrogens is 1. The number of hydrogen-bond donors (Lipinski definition) is 1. The predicted octanol–water partition coefficient (Wildman–Crippen LogP) is 4.82. The van der Waals surface area contributed by atoms with Gasteiger partial charge in [-0.3, -0.25) is 14.6 Å². The summed E-state index contributed by atoms with van der Waals surface area (Å²) in [4.78, 5) is 28.3. The average molecular weight is 452 g/mol. The van der Waals surface area contributed by atoms with E-state index in [0.29, 0.717) is 29.4 Å². The third kappa shape index (κ3) is 6.08. The Morgan fingerprint density at radius 1 is 1.25 bits per heavy atom. The van der Waals surface area contributed by atoms with E-state index in [-0.39, 0.29) is 5.92 Å². The first-order chi connectivity index (χ1) is 15.5. The first-order valence-electron chi connectivity index (χ1n) is 10.5. The number of para-hydroxylation sites is 1. The molecule has 1 unspecified atom stereocenters. The van der Waals surface area contributed by atoms with Crippen LogP contribution in [0.5, 0.6) is 11.5 Å². The summed E-state index contributed by atoms with van der Waals surface area (Å²) < 4.78 is 5.98. The number of likely N-dealkylation sites (tertiary alicyclic amines) is 1. The van der Waals surface area contributed by atoms with E-state index in [1.807, 2.05) is 36.4 Å². The number of rotatable bonds is 6. The molecule has 2 amide bonds. The van der Waals surface area contributed by atoms with E-state index in [1.165, 1.54) is 0 Å². The lowest BCUT2D eigenvalue weighted by Crippen LogP contribution is -2.19. The molecule has 7 heteroatoms. The Bertz CT molecular complexity index is 1060.